The summed E-state index contributed by atoms with van der Waals surface area (Å²) in [5.41, 5.74) is 1.27. The van der Waals surface area contributed by atoms with Crippen molar-refractivity contribution in [3.63, 3.8) is 0 Å². The van der Waals surface area contributed by atoms with Crippen molar-refractivity contribution in [2.24, 2.45) is 0 Å². The van der Waals surface area contributed by atoms with E-state index in [-0.39, 0.29) is 0 Å². The normalized spacial score (nSPS) is 17.1. The summed E-state index contributed by atoms with van der Waals surface area (Å²) in [7, 11) is 1.96. The maximum absolute atomic E-state index is 6.05. The smallest absolute Gasteiger partial charge is 0.133 e. The first-order valence-corrected chi connectivity index (χ1v) is 7.18. The number of benzene rings is 1. The van der Waals surface area contributed by atoms with E-state index >= 15 is 0 Å². The molecule has 0 unspecified atom stereocenters. The Bertz CT molecular complexity index is 361. The molecule has 1 N–H and O–H groups in total. The molecule has 1 aliphatic rings. The predicted octanol–water partition coefficient (Wildman–Crippen LogP) is 3.88. The molecule has 1 aromatic carbocycles. The molecule has 94 valence electrons. The van der Waals surface area contributed by atoms with Gasteiger partial charge in [-0.05, 0) is 66.4 Å². The van der Waals surface area contributed by atoms with Gasteiger partial charge in [0.05, 0.1) is 10.6 Å². The van der Waals surface area contributed by atoms with Gasteiger partial charge in [-0.1, -0.05) is 12.5 Å². The van der Waals surface area contributed by atoms with Crippen LogP contribution < -0.4 is 10.1 Å². The Hall–Kier alpha value is -0.540. The molecular formula is C14H20BrNO. The highest BCUT2D eigenvalue weighted by molar-refractivity contribution is 9.10. The van der Waals surface area contributed by atoms with E-state index in [0.29, 0.717) is 6.10 Å². The van der Waals surface area contributed by atoms with Crippen LogP contribution in [0, 0.1) is 0 Å². The zero-order valence-corrected chi connectivity index (χ0v) is 11.9. The van der Waals surface area contributed by atoms with Crippen molar-refractivity contribution < 1.29 is 4.74 Å². The minimum atomic E-state index is 0.412. The van der Waals surface area contributed by atoms with Crippen LogP contribution in [-0.4, -0.2) is 13.2 Å². The molecule has 0 aliphatic heterocycles. The highest BCUT2D eigenvalue weighted by Gasteiger charge is 2.15. The van der Waals surface area contributed by atoms with Gasteiger partial charge in [0.1, 0.15) is 5.75 Å². The summed E-state index contributed by atoms with van der Waals surface area (Å²) in [6, 6.07) is 6.33. The summed E-state index contributed by atoms with van der Waals surface area (Å²) < 4.78 is 7.12. The summed E-state index contributed by atoms with van der Waals surface area (Å²) in [6.07, 6.45) is 6.79. The molecule has 1 aliphatic carbocycles. The SMILES string of the molecule is CNCc1ccc(OC2CCCCC2)c(Br)c1. The molecule has 0 atom stereocenters. The molecule has 1 fully saturated rings. The molecule has 1 saturated carbocycles. The van der Waals surface area contributed by atoms with Gasteiger partial charge in [0.15, 0.2) is 0 Å². The summed E-state index contributed by atoms with van der Waals surface area (Å²) >= 11 is 3.59. The average molecular weight is 298 g/mol. The number of hydrogen-bond donors (Lipinski definition) is 1. The van der Waals surface area contributed by atoms with Gasteiger partial charge in [0.2, 0.25) is 0 Å². The fourth-order valence-corrected chi connectivity index (χ4v) is 2.84. The third-order valence-corrected chi connectivity index (χ3v) is 3.84. The molecule has 2 rings (SSSR count). The van der Waals surface area contributed by atoms with E-state index < -0.39 is 0 Å². The summed E-state index contributed by atoms with van der Waals surface area (Å²) in [4.78, 5) is 0. The third-order valence-electron chi connectivity index (χ3n) is 3.22. The van der Waals surface area contributed by atoms with Crippen LogP contribution >= 0.6 is 15.9 Å². The van der Waals surface area contributed by atoms with E-state index in [1.54, 1.807) is 0 Å². The first-order valence-electron chi connectivity index (χ1n) is 6.39. The zero-order valence-electron chi connectivity index (χ0n) is 10.3. The lowest BCUT2D eigenvalue weighted by Gasteiger charge is -2.23. The van der Waals surface area contributed by atoms with Gasteiger partial charge in [0, 0.05) is 6.54 Å². The number of hydrogen-bond acceptors (Lipinski definition) is 2. The van der Waals surface area contributed by atoms with Gasteiger partial charge in [-0.15, -0.1) is 0 Å². The summed E-state index contributed by atoms with van der Waals surface area (Å²) in [5, 5.41) is 3.15. The molecule has 0 bridgehead atoms. The second kappa shape index (κ2) is 6.41. The molecule has 0 saturated heterocycles. The topological polar surface area (TPSA) is 21.3 Å². The van der Waals surface area contributed by atoms with Crippen LogP contribution in [0.3, 0.4) is 0 Å². The Morgan fingerprint density at radius 3 is 2.71 bits per heavy atom. The first-order chi connectivity index (χ1) is 8.29. The van der Waals surface area contributed by atoms with Gasteiger partial charge in [-0.25, -0.2) is 0 Å². The highest BCUT2D eigenvalue weighted by atomic mass is 79.9. The Labute approximate surface area is 112 Å². The van der Waals surface area contributed by atoms with E-state index in [1.165, 1.54) is 37.7 Å². The quantitative estimate of drug-likeness (QED) is 0.911. The molecule has 2 nitrogen and oxygen atoms in total. The predicted molar refractivity (Wildman–Crippen MR) is 74.4 cm³/mol. The largest absolute Gasteiger partial charge is 0.489 e. The van der Waals surface area contributed by atoms with Gasteiger partial charge >= 0.3 is 0 Å². The number of halogens is 1. The second-order valence-corrected chi connectivity index (χ2v) is 5.53. The maximum Gasteiger partial charge on any atom is 0.133 e. The third kappa shape index (κ3) is 3.71. The Kier molecular flexibility index (Phi) is 4.86. The van der Waals surface area contributed by atoms with Crippen LogP contribution in [0.1, 0.15) is 37.7 Å². The Morgan fingerprint density at radius 1 is 1.29 bits per heavy atom. The van der Waals surface area contributed by atoms with E-state index in [9.17, 15) is 0 Å². The van der Waals surface area contributed by atoms with Gasteiger partial charge in [0.25, 0.3) is 0 Å². The maximum atomic E-state index is 6.05. The van der Waals surface area contributed by atoms with Crippen LogP contribution in [0.25, 0.3) is 0 Å². The van der Waals surface area contributed by atoms with E-state index in [0.717, 1.165) is 16.8 Å². The minimum absolute atomic E-state index is 0.412. The van der Waals surface area contributed by atoms with Crippen LogP contribution in [0.2, 0.25) is 0 Å². The van der Waals surface area contributed by atoms with Crippen LogP contribution in [0.15, 0.2) is 22.7 Å². The molecule has 17 heavy (non-hydrogen) atoms. The van der Waals surface area contributed by atoms with Crippen molar-refractivity contribution in [3.05, 3.63) is 28.2 Å². The zero-order chi connectivity index (χ0) is 12.1. The average Bonchev–Trinajstić information content (AvgIpc) is 2.34. The molecule has 0 heterocycles. The Balaban J connectivity index is 2.00. The van der Waals surface area contributed by atoms with Gasteiger partial charge in [-0.3, -0.25) is 0 Å². The van der Waals surface area contributed by atoms with Crippen LogP contribution in [0.5, 0.6) is 5.75 Å². The lowest BCUT2D eigenvalue weighted by Crippen LogP contribution is -2.19. The highest BCUT2D eigenvalue weighted by Crippen LogP contribution is 2.30. The van der Waals surface area contributed by atoms with Crippen molar-refractivity contribution in [2.75, 3.05) is 7.05 Å². The molecule has 0 amide bonds. The van der Waals surface area contributed by atoms with Gasteiger partial charge in [-0.2, -0.15) is 0 Å². The standard InChI is InChI=1S/C14H20BrNO/c1-16-10-11-7-8-14(13(15)9-11)17-12-5-3-2-4-6-12/h7-9,12,16H,2-6,10H2,1H3. The van der Waals surface area contributed by atoms with Crippen molar-refractivity contribution in [1.82, 2.24) is 5.32 Å². The fourth-order valence-electron chi connectivity index (χ4n) is 2.32. The summed E-state index contributed by atoms with van der Waals surface area (Å²) in [5.74, 6) is 0.983. The number of ether oxygens (including phenoxy) is 1. The molecule has 0 aromatic heterocycles. The monoisotopic (exact) mass is 297 g/mol. The van der Waals surface area contributed by atoms with Crippen LogP contribution in [0.4, 0.5) is 0 Å². The molecule has 0 radical (unpaired) electrons. The molecule has 3 heteroatoms. The lowest BCUT2D eigenvalue weighted by atomic mass is 9.98. The second-order valence-electron chi connectivity index (χ2n) is 4.67. The van der Waals surface area contributed by atoms with E-state index in [1.807, 2.05) is 7.05 Å². The first kappa shape index (κ1) is 12.9. The van der Waals surface area contributed by atoms with Gasteiger partial charge < -0.3 is 10.1 Å². The minimum Gasteiger partial charge on any atom is -0.489 e. The van der Waals surface area contributed by atoms with E-state index in [4.69, 9.17) is 4.74 Å². The van der Waals surface area contributed by atoms with E-state index in [2.05, 4.69) is 39.4 Å². The molecular weight excluding hydrogens is 278 g/mol. The van der Waals surface area contributed by atoms with Crippen molar-refractivity contribution in [3.8, 4) is 5.75 Å². The van der Waals surface area contributed by atoms with Crippen molar-refractivity contribution in [1.29, 1.82) is 0 Å². The van der Waals surface area contributed by atoms with Crippen molar-refractivity contribution >= 4 is 15.9 Å². The lowest BCUT2D eigenvalue weighted by molar-refractivity contribution is 0.154. The Morgan fingerprint density at radius 2 is 2.06 bits per heavy atom. The van der Waals surface area contributed by atoms with Crippen LogP contribution in [-0.2, 0) is 6.54 Å². The summed E-state index contributed by atoms with van der Waals surface area (Å²) in [6.45, 7) is 0.891. The molecule has 1 aromatic rings. The van der Waals surface area contributed by atoms with Crippen molar-refractivity contribution in [2.45, 2.75) is 44.8 Å². The molecule has 0 spiro atoms. The number of rotatable bonds is 4. The number of nitrogens with one attached hydrogen (secondary N) is 1. The fraction of sp³-hybridized carbons (Fsp3) is 0.571.